The first kappa shape index (κ1) is 14.1. The van der Waals surface area contributed by atoms with E-state index in [1.165, 1.54) is 7.11 Å². The van der Waals surface area contributed by atoms with Gasteiger partial charge in [-0.15, -0.1) is 11.6 Å². The van der Waals surface area contributed by atoms with E-state index in [1.54, 1.807) is 24.3 Å². The van der Waals surface area contributed by atoms with Crippen LogP contribution in [0.25, 0.3) is 0 Å². The van der Waals surface area contributed by atoms with Gasteiger partial charge in [-0.05, 0) is 24.3 Å². The first-order valence-corrected chi connectivity index (χ1v) is 5.64. The third kappa shape index (κ3) is 4.50. The number of carbonyl (C=O) groups excluding carboxylic acids is 2. The van der Waals surface area contributed by atoms with Crippen LogP contribution in [-0.2, 0) is 4.74 Å². The topological polar surface area (TPSA) is 76.7 Å². The number of hydrazine groups is 1. The lowest BCUT2D eigenvalue weighted by Gasteiger charge is -2.07. The average Bonchev–Trinajstić information content (AvgIpc) is 2.42. The van der Waals surface area contributed by atoms with Crippen molar-refractivity contribution in [1.82, 2.24) is 10.9 Å². The predicted octanol–water partition coefficient (Wildman–Crippen LogP) is 1.31. The summed E-state index contributed by atoms with van der Waals surface area (Å²) in [6.45, 7) is 0.0752. The van der Waals surface area contributed by atoms with Crippen molar-refractivity contribution in [3.63, 3.8) is 0 Å². The second kappa shape index (κ2) is 7.39. The second-order valence-electron chi connectivity index (χ2n) is 3.13. The zero-order valence-corrected chi connectivity index (χ0v) is 10.5. The zero-order chi connectivity index (χ0) is 13.4. The predicted molar refractivity (Wildman–Crippen MR) is 65.7 cm³/mol. The van der Waals surface area contributed by atoms with Crippen molar-refractivity contribution < 1.29 is 19.1 Å². The van der Waals surface area contributed by atoms with E-state index in [0.717, 1.165) is 0 Å². The molecule has 0 atom stereocenters. The van der Waals surface area contributed by atoms with Crippen molar-refractivity contribution in [3.8, 4) is 5.75 Å². The fourth-order valence-electron chi connectivity index (χ4n) is 1.09. The standard InChI is InChI=1S/C11H13ClN2O4/c1-17-9-4-2-8(3-5-9)10(15)13-14-11(16)18-7-6-12/h2-5H,6-7H2,1H3,(H,13,15)(H,14,16). The largest absolute Gasteiger partial charge is 0.497 e. The molecule has 0 saturated carbocycles. The molecule has 0 fully saturated rings. The molecule has 0 spiro atoms. The van der Waals surface area contributed by atoms with Crippen molar-refractivity contribution in [2.24, 2.45) is 0 Å². The van der Waals surface area contributed by atoms with E-state index < -0.39 is 12.0 Å². The summed E-state index contributed by atoms with van der Waals surface area (Å²) in [4.78, 5) is 22.6. The van der Waals surface area contributed by atoms with Crippen molar-refractivity contribution in [2.45, 2.75) is 0 Å². The number of methoxy groups -OCH3 is 1. The molecule has 98 valence electrons. The number of rotatable bonds is 4. The van der Waals surface area contributed by atoms with Gasteiger partial charge in [-0.2, -0.15) is 0 Å². The molecule has 1 aromatic rings. The summed E-state index contributed by atoms with van der Waals surface area (Å²) in [5, 5.41) is 0. The van der Waals surface area contributed by atoms with E-state index >= 15 is 0 Å². The minimum absolute atomic E-state index is 0.0752. The number of hydrogen-bond donors (Lipinski definition) is 2. The smallest absolute Gasteiger partial charge is 0.426 e. The number of nitrogens with one attached hydrogen (secondary N) is 2. The van der Waals surface area contributed by atoms with E-state index in [9.17, 15) is 9.59 Å². The molecule has 0 saturated heterocycles. The quantitative estimate of drug-likeness (QED) is 0.640. The molecule has 1 aromatic carbocycles. The molecule has 1 rings (SSSR count). The average molecular weight is 273 g/mol. The lowest BCUT2D eigenvalue weighted by molar-refractivity contribution is 0.0913. The molecule has 2 amide bonds. The SMILES string of the molecule is COc1ccc(C(=O)NNC(=O)OCCCl)cc1. The number of halogens is 1. The highest BCUT2D eigenvalue weighted by Crippen LogP contribution is 2.10. The van der Waals surface area contributed by atoms with Crippen molar-refractivity contribution >= 4 is 23.6 Å². The Morgan fingerprint density at radius 3 is 2.44 bits per heavy atom. The van der Waals surface area contributed by atoms with Crippen molar-refractivity contribution in [3.05, 3.63) is 29.8 Å². The van der Waals surface area contributed by atoms with Crippen molar-refractivity contribution in [1.29, 1.82) is 0 Å². The van der Waals surface area contributed by atoms with E-state index in [0.29, 0.717) is 11.3 Å². The maximum absolute atomic E-state index is 11.6. The van der Waals surface area contributed by atoms with Crippen LogP contribution >= 0.6 is 11.6 Å². The van der Waals surface area contributed by atoms with Gasteiger partial charge in [-0.3, -0.25) is 10.2 Å². The second-order valence-corrected chi connectivity index (χ2v) is 3.51. The Morgan fingerprint density at radius 1 is 1.22 bits per heavy atom. The lowest BCUT2D eigenvalue weighted by Crippen LogP contribution is -2.42. The maximum atomic E-state index is 11.6. The number of amides is 2. The van der Waals surface area contributed by atoms with Gasteiger partial charge in [-0.1, -0.05) is 0 Å². The summed E-state index contributed by atoms with van der Waals surface area (Å²) < 4.78 is 9.55. The van der Waals surface area contributed by atoms with E-state index in [-0.39, 0.29) is 12.5 Å². The number of carbonyl (C=O) groups is 2. The van der Waals surface area contributed by atoms with Gasteiger partial charge in [-0.25, -0.2) is 10.2 Å². The third-order valence-electron chi connectivity index (χ3n) is 1.94. The number of ether oxygens (including phenoxy) is 2. The van der Waals surface area contributed by atoms with Gasteiger partial charge in [0.25, 0.3) is 5.91 Å². The lowest BCUT2D eigenvalue weighted by atomic mass is 10.2. The first-order chi connectivity index (χ1) is 8.67. The highest BCUT2D eigenvalue weighted by atomic mass is 35.5. The third-order valence-corrected chi connectivity index (χ3v) is 2.09. The Bertz CT molecular complexity index is 408. The Labute approximate surface area is 109 Å². The highest BCUT2D eigenvalue weighted by molar-refractivity contribution is 6.18. The number of hydrogen-bond acceptors (Lipinski definition) is 4. The minimum Gasteiger partial charge on any atom is -0.497 e. The molecule has 0 heterocycles. The van der Waals surface area contributed by atoms with Gasteiger partial charge < -0.3 is 9.47 Å². The molecule has 2 N–H and O–H groups in total. The Hall–Kier alpha value is -1.95. The molecule has 0 aliphatic carbocycles. The molecular formula is C11H13ClN2O4. The molecule has 0 unspecified atom stereocenters. The highest BCUT2D eigenvalue weighted by Gasteiger charge is 2.07. The number of benzene rings is 1. The molecule has 6 nitrogen and oxygen atoms in total. The Morgan fingerprint density at radius 2 is 1.89 bits per heavy atom. The van der Waals surface area contributed by atoms with Crippen molar-refractivity contribution in [2.75, 3.05) is 19.6 Å². The van der Waals surface area contributed by atoms with E-state index in [4.69, 9.17) is 16.3 Å². The van der Waals surface area contributed by atoms with Crippen LogP contribution in [0.5, 0.6) is 5.75 Å². The van der Waals surface area contributed by atoms with Crippen LogP contribution in [0.2, 0.25) is 0 Å². The maximum Gasteiger partial charge on any atom is 0.426 e. The molecule has 18 heavy (non-hydrogen) atoms. The molecule has 0 aromatic heterocycles. The summed E-state index contributed by atoms with van der Waals surface area (Å²) in [7, 11) is 1.53. The molecular weight excluding hydrogens is 260 g/mol. The normalized spacial score (nSPS) is 9.44. The van der Waals surface area contributed by atoms with Crippen LogP contribution in [-0.4, -0.2) is 31.6 Å². The summed E-state index contributed by atoms with van der Waals surface area (Å²) in [6.07, 6.45) is -0.766. The molecule has 7 heteroatoms. The van der Waals surface area contributed by atoms with E-state index in [1.807, 2.05) is 0 Å². The van der Waals surface area contributed by atoms with Gasteiger partial charge in [0.1, 0.15) is 12.4 Å². The number of alkyl halides is 1. The molecule has 0 bridgehead atoms. The molecule has 0 aliphatic heterocycles. The van der Waals surface area contributed by atoms with Gasteiger partial charge >= 0.3 is 6.09 Å². The van der Waals surface area contributed by atoms with Crippen LogP contribution in [0.1, 0.15) is 10.4 Å². The molecule has 0 radical (unpaired) electrons. The fraction of sp³-hybridized carbons (Fsp3) is 0.273. The molecule has 0 aliphatic rings. The van der Waals surface area contributed by atoms with Gasteiger partial charge in [0.05, 0.1) is 13.0 Å². The fourth-order valence-corrected chi connectivity index (χ4v) is 1.17. The summed E-state index contributed by atoms with van der Waals surface area (Å²) in [5.41, 5.74) is 4.67. The first-order valence-electron chi connectivity index (χ1n) is 5.10. The van der Waals surface area contributed by atoms with Crippen LogP contribution < -0.4 is 15.6 Å². The Balaban J connectivity index is 2.42. The Kier molecular flexibility index (Phi) is 5.79. The summed E-state index contributed by atoms with van der Waals surface area (Å²) in [6, 6.07) is 6.42. The van der Waals surface area contributed by atoms with E-state index in [2.05, 4.69) is 15.6 Å². The van der Waals surface area contributed by atoms with Gasteiger partial charge in [0.15, 0.2) is 0 Å². The van der Waals surface area contributed by atoms with Crippen LogP contribution in [0.3, 0.4) is 0 Å². The van der Waals surface area contributed by atoms with Crippen LogP contribution in [0, 0.1) is 0 Å². The minimum atomic E-state index is -0.766. The van der Waals surface area contributed by atoms with Gasteiger partial charge in [0, 0.05) is 5.56 Å². The van der Waals surface area contributed by atoms with Crippen LogP contribution in [0.4, 0.5) is 4.79 Å². The monoisotopic (exact) mass is 272 g/mol. The summed E-state index contributed by atoms with van der Waals surface area (Å²) in [5.74, 6) is 0.376. The zero-order valence-electron chi connectivity index (χ0n) is 9.73. The van der Waals surface area contributed by atoms with Gasteiger partial charge in [0.2, 0.25) is 0 Å². The van der Waals surface area contributed by atoms with Crippen LogP contribution in [0.15, 0.2) is 24.3 Å². The summed E-state index contributed by atoms with van der Waals surface area (Å²) >= 11 is 5.33.